The van der Waals surface area contributed by atoms with Crippen LogP contribution in [0, 0.1) is 0 Å². The van der Waals surface area contributed by atoms with Gasteiger partial charge in [-0.1, -0.05) is 33.6 Å². The monoisotopic (exact) mass is 313 g/mol. The molecular weight excluding hydrogens is 302 g/mol. The maximum absolute atomic E-state index is 6.26. The Morgan fingerprint density at radius 1 is 1.47 bits per heavy atom. The SMILES string of the molecule is CNC(c1cnn(C)c1)c1ccc(Br)cc1Cl. The van der Waals surface area contributed by atoms with Gasteiger partial charge in [0, 0.05) is 28.3 Å². The van der Waals surface area contributed by atoms with Gasteiger partial charge in [-0.3, -0.25) is 4.68 Å². The summed E-state index contributed by atoms with van der Waals surface area (Å²) in [6.45, 7) is 0. The predicted octanol–water partition coefficient (Wildman–Crippen LogP) is 3.14. The van der Waals surface area contributed by atoms with Crippen LogP contribution in [0.2, 0.25) is 5.02 Å². The fourth-order valence-corrected chi connectivity index (χ4v) is 2.61. The van der Waals surface area contributed by atoms with E-state index >= 15 is 0 Å². The average molecular weight is 315 g/mol. The van der Waals surface area contributed by atoms with Crippen LogP contribution in [0.5, 0.6) is 0 Å². The van der Waals surface area contributed by atoms with Crippen molar-refractivity contribution in [3.05, 3.63) is 51.2 Å². The highest BCUT2D eigenvalue weighted by molar-refractivity contribution is 9.10. The summed E-state index contributed by atoms with van der Waals surface area (Å²) in [4.78, 5) is 0. The Kier molecular flexibility index (Phi) is 3.86. The fourth-order valence-electron chi connectivity index (χ4n) is 1.83. The van der Waals surface area contributed by atoms with E-state index in [1.165, 1.54) is 0 Å². The Hall–Kier alpha value is -0.840. The molecule has 0 fully saturated rings. The van der Waals surface area contributed by atoms with E-state index in [1.54, 1.807) is 4.68 Å². The van der Waals surface area contributed by atoms with E-state index in [1.807, 2.05) is 44.7 Å². The molecule has 90 valence electrons. The highest BCUT2D eigenvalue weighted by Crippen LogP contribution is 2.30. The first kappa shape index (κ1) is 12.6. The summed E-state index contributed by atoms with van der Waals surface area (Å²) >= 11 is 9.67. The van der Waals surface area contributed by atoms with E-state index in [4.69, 9.17) is 11.6 Å². The summed E-state index contributed by atoms with van der Waals surface area (Å²) in [5, 5.41) is 8.18. The van der Waals surface area contributed by atoms with Crippen LogP contribution in [0.25, 0.3) is 0 Å². The van der Waals surface area contributed by atoms with Crippen molar-refractivity contribution in [1.29, 1.82) is 0 Å². The van der Waals surface area contributed by atoms with Gasteiger partial charge in [0.1, 0.15) is 0 Å². The van der Waals surface area contributed by atoms with E-state index in [-0.39, 0.29) is 6.04 Å². The molecule has 2 aromatic rings. The van der Waals surface area contributed by atoms with Gasteiger partial charge in [-0.2, -0.15) is 5.10 Å². The molecular formula is C12H13BrClN3. The van der Waals surface area contributed by atoms with Crippen molar-refractivity contribution in [2.45, 2.75) is 6.04 Å². The average Bonchev–Trinajstić information content (AvgIpc) is 2.69. The van der Waals surface area contributed by atoms with Gasteiger partial charge in [-0.25, -0.2) is 0 Å². The van der Waals surface area contributed by atoms with Crippen LogP contribution < -0.4 is 5.32 Å². The zero-order valence-corrected chi connectivity index (χ0v) is 12.0. The van der Waals surface area contributed by atoms with Gasteiger partial charge >= 0.3 is 0 Å². The van der Waals surface area contributed by atoms with Crippen molar-refractivity contribution in [3.8, 4) is 0 Å². The molecule has 0 saturated carbocycles. The number of benzene rings is 1. The number of hydrogen-bond donors (Lipinski definition) is 1. The van der Waals surface area contributed by atoms with Gasteiger partial charge in [-0.15, -0.1) is 0 Å². The standard InChI is InChI=1S/C12H13BrClN3/c1-15-12(8-6-16-17(2)7-8)10-4-3-9(13)5-11(10)14/h3-7,12,15H,1-2H3. The molecule has 0 bridgehead atoms. The maximum atomic E-state index is 6.26. The van der Waals surface area contributed by atoms with Crippen LogP contribution in [0.4, 0.5) is 0 Å². The summed E-state index contributed by atoms with van der Waals surface area (Å²) in [7, 11) is 3.81. The second kappa shape index (κ2) is 5.21. The summed E-state index contributed by atoms with van der Waals surface area (Å²) in [6, 6.07) is 5.96. The molecule has 0 radical (unpaired) electrons. The molecule has 0 aliphatic heterocycles. The molecule has 1 N–H and O–H groups in total. The maximum Gasteiger partial charge on any atom is 0.0620 e. The second-order valence-corrected chi connectivity index (χ2v) is 5.16. The minimum Gasteiger partial charge on any atom is -0.309 e. The summed E-state index contributed by atoms with van der Waals surface area (Å²) < 4.78 is 2.76. The lowest BCUT2D eigenvalue weighted by Gasteiger charge is -2.16. The van der Waals surface area contributed by atoms with E-state index in [2.05, 4.69) is 26.3 Å². The van der Waals surface area contributed by atoms with Crippen LogP contribution >= 0.6 is 27.5 Å². The van der Waals surface area contributed by atoms with E-state index in [0.717, 1.165) is 20.6 Å². The first-order chi connectivity index (χ1) is 8.11. The van der Waals surface area contributed by atoms with Crippen molar-refractivity contribution >= 4 is 27.5 Å². The molecule has 5 heteroatoms. The minimum absolute atomic E-state index is 0.0595. The molecule has 1 unspecified atom stereocenters. The van der Waals surface area contributed by atoms with Crippen molar-refractivity contribution < 1.29 is 0 Å². The molecule has 1 heterocycles. The largest absolute Gasteiger partial charge is 0.309 e. The molecule has 17 heavy (non-hydrogen) atoms. The number of halogens is 2. The van der Waals surface area contributed by atoms with E-state index in [0.29, 0.717) is 0 Å². The third-order valence-corrected chi connectivity index (χ3v) is 3.44. The van der Waals surface area contributed by atoms with Gasteiger partial charge < -0.3 is 5.32 Å². The van der Waals surface area contributed by atoms with Crippen molar-refractivity contribution in [2.24, 2.45) is 7.05 Å². The summed E-state index contributed by atoms with van der Waals surface area (Å²) in [5.74, 6) is 0. The quantitative estimate of drug-likeness (QED) is 0.943. The molecule has 0 saturated heterocycles. The molecule has 1 aromatic carbocycles. The Morgan fingerprint density at radius 3 is 2.76 bits per heavy atom. The second-order valence-electron chi connectivity index (χ2n) is 3.83. The number of aromatic nitrogens is 2. The van der Waals surface area contributed by atoms with Crippen LogP contribution in [0.15, 0.2) is 35.1 Å². The first-order valence-electron chi connectivity index (χ1n) is 5.22. The third-order valence-electron chi connectivity index (χ3n) is 2.62. The predicted molar refractivity (Wildman–Crippen MR) is 73.3 cm³/mol. The van der Waals surface area contributed by atoms with E-state index < -0.39 is 0 Å². The van der Waals surface area contributed by atoms with Gasteiger partial charge in [0.25, 0.3) is 0 Å². The van der Waals surface area contributed by atoms with Crippen LogP contribution in [0.1, 0.15) is 17.2 Å². The van der Waals surface area contributed by atoms with Gasteiger partial charge in [0.05, 0.1) is 12.2 Å². The van der Waals surface area contributed by atoms with Crippen LogP contribution in [0.3, 0.4) is 0 Å². The van der Waals surface area contributed by atoms with Gasteiger partial charge in [0.2, 0.25) is 0 Å². The first-order valence-corrected chi connectivity index (χ1v) is 6.39. The van der Waals surface area contributed by atoms with Gasteiger partial charge in [0.15, 0.2) is 0 Å². The number of nitrogens with one attached hydrogen (secondary N) is 1. The Balaban J connectivity index is 2.42. The Morgan fingerprint density at radius 2 is 2.24 bits per heavy atom. The molecule has 0 aliphatic rings. The summed E-state index contributed by atoms with van der Waals surface area (Å²) in [6.07, 6.45) is 3.83. The summed E-state index contributed by atoms with van der Waals surface area (Å²) in [5.41, 5.74) is 2.14. The van der Waals surface area contributed by atoms with Crippen molar-refractivity contribution in [3.63, 3.8) is 0 Å². The van der Waals surface area contributed by atoms with E-state index in [9.17, 15) is 0 Å². The number of aryl methyl sites for hydroxylation is 1. The normalized spacial score (nSPS) is 12.7. The Bertz CT molecular complexity index is 524. The molecule has 1 atom stereocenters. The highest BCUT2D eigenvalue weighted by atomic mass is 79.9. The molecule has 0 spiro atoms. The third kappa shape index (κ3) is 2.70. The minimum atomic E-state index is 0.0595. The molecule has 2 rings (SSSR count). The van der Waals surface area contributed by atoms with Gasteiger partial charge in [-0.05, 0) is 24.7 Å². The smallest absolute Gasteiger partial charge is 0.0620 e. The molecule has 0 amide bonds. The fraction of sp³-hybridized carbons (Fsp3) is 0.250. The van der Waals surface area contributed by atoms with Crippen LogP contribution in [-0.4, -0.2) is 16.8 Å². The number of rotatable bonds is 3. The lowest BCUT2D eigenvalue weighted by atomic mass is 10.0. The number of nitrogens with zero attached hydrogens (tertiary/aromatic N) is 2. The zero-order chi connectivity index (χ0) is 12.4. The lowest BCUT2D eigenvalue weighted by Crippen LogP contribution is -2.17. The Labute approximate surface area is 114 Å². The highest BCUT2D eigenvalue weighted by Gasteiger charge is 2.16. The molecule has 3 nitrogen and oxygen atoms in total. The zero-order valence-electron chi connectivity index (χ0n) is 9.61. The van der Waals surface area contributed by atoms with Crippen molar-refractivity contribution in [2.75, 3.05) is 7.05 Å². The number of hydrogen-bond acceptors (Lipinski definition) is 2. The topological polar surface area (TPSA) is 29.9 Å². The van der Waals surface area contributed by atoms with Crippen LogP contribution in [-0.2, 0) is 7.05 Å². The van der Waals surface area contributed by atoms with Crippen molar-refractivity contribution in [1.82, 2.24) is 15.1 Å². The molecule has 1 aromatic heterocycles. The molecule has 0 aliphatic carbocycles. The lowest BCUT2D eigenvalue weighted by molar-refractivity contribution is 0.689.